The average Bonchev–Trinajstić information content (AvgIpc) is 2.75. The Morgan fingerprint density at radius 3 is 2.38 bits per heavy atom. The van der Waals surface area contributed by atoms with Gasteiger partial charge in [0.05, 0.1) is 18.8 Å². The van der Waals surface area contributed by atoms with Crippen molar-refractivity contribution in [2.75, 3.05) is 6.61 Å². The molecule has 0 saturated carbocycles. The number of nitrogens with zero attached hydrogens (tertiary/aromatic N) is 2. The van der Waals surface area contributed by atoms with Gasteiger partial charge < -0.3 is 9.47 Å². The summed E-state index contributed by atoms with van der Waals surface area (Å²) in [4.78, 5) is 31.6. The van der Waals surface area contributed by atoms with E-state index in [9.17, 15) is 9.59 Å². The van der Waals surface area contributed by atoms with Gasteiger partial charge in [0.25, 0.3) is 0 Å². The molecule has 148 valence electrons. The number of nitrogens with one attached hydrogen (secondary N) is 1. The molecule has 2 aromatic rings. The molecule has 0 bridgehead atoms. The molecule has 0 aliphatic rings. The largest absolute Gasteiger partial charge is 0.461 e. The summed E-state index contributed by atoms with van der Waals surface area (Å²) in [5.74, 6) is -0.741. The van der Waals surface area contributed by atoms with Crippen LogP contribution in [0.5, 0.6) is 0 Å². The fourth-order valence-electron chi connectivity index (χ4n) is 2.06. The summed E-state index contributed by atoms with van der Waals surface area (Å²) in [6.45, 7) is 1.87. The number of amides is 1. The number of esters is 1. The molecule has 7 nitrogen and oxygen atoms in total. The molecule has 0 aliphatic carbocycles. The number of rotatable bonds is 8. The highest BCUT2D eigenvalue weighted by molar-refractivity contribution is 5.92. The van der Waals surface area contributed by atoms with E-state index in [0.29, 0.717) is 0 Å². The predicted octanol–water partition coefficient (Wildman–Crippen LogP) is 4.16. The van der Waals surface area contributed by atoms with Crippen molar-refractivity contribution >= 4 is 24.1 Å². The highest BCUT2D eigenvalue weighted by atomic mass is 16.6. The van der Waals surface area contributed by atoms with E-state index in [0.717, 1.165) is 17.3 Å². The first kappa shape index (κ1) is 21.3. The zero-order valence-electron chi connectivity index (χ0n) is 15.9. The molecule has 0 atom stereocenters. The Kier molecular flexibility index (Phi) is 9.15. The highest BCUT2D eigenvalue weighted by Gasteiger charge is 2.14. The molecule has 1 N–H and O–H groups in total. The normalized spacial score (nSPS) is 10.7. The van der Waals surface area contributed by atoms with E-state index in [1.165, 1.54) is 6.20 Å². The van der Waals surface area contributed by atoms with Crippen molar-refractivity contribution in [2.45, 2.75) is 13.5 Å². The first-order valence-electron chi connectivity index (χ1n) is 8.90. The highest BCUT2D eigenvalue weighted by Crippen LogP contribution is 2.03. The zero-order chi connectivity index (χ0) is 20.7. The van der Waals surface area contributed by atoms with Crippen LogP contribution in [0.1, 0.15) is 18.1 Å². The molecule has 2 aromatic carbocycles. The Morgan fingerprint density at radius 1 is 1.00 bits per heavy atom. The van der Waals surface area contributed by atoms with Crippen molar-refractivity contribution in [3.63, 3.8) is 0 Å². The lowest BCUT2D eigenvalue weighted by Gasteiger charge is -2.09. The van der Waals surface area contributed by atoms with Crippen LogP contribution in [-0.2, 0) is 20.9 Å². The van der Waals surface area contributed by atoms with Crippen LogP contribution < -0.4 is 5.32 Å². The van der Waals surface area contributed by atoms with Gasteiger partial charge in [0, 0.05) is 6.20 Å². The molecule has 0 unspecified atom stereocenters. The number of aliphatic imine (C=N–C) groups is 2. The summed E-state index contributed by atoms with van der Waals surface area (Å²) in [5.41, 5.74) is 1.61. The van der Waals surface area contributed by atoms with Crippen molar-refractivity contribution in [1.82, 2.24) is 5.32 Å². The molecule has 2 rings (SSSR count). The van der Waals surface area contributed by atoms with Gasteiger partial charge in [-0.2, -0.15) is 9.98 Å². The van der Waals surface area contributed by atoms with Crippen LogP contribution in [0.3, 0.4) is 0 Å². The maximum atomic E-state index is 12.0. The fourth-order valence-corrected chi connectivity index (χ4v) is 2.06. The average molecular weight is 391 g/mol. The SMILES string of the molecule is CCOC(=O)/C(=C/N=C=N/C=C/c1ccccc1)NC(=O)OCc1ccccc1. The minimum absolute atomic E-state index is 0.0672. The van der Waals surface area contributed by atoms with Crippen LogP contribution in [-0.4, -0.2) is 24.7 Å². The van der Waals surface area contributed by atoms with Gasteiger partial charge in [0.15, 0.2) is 0 Å². The van der Waals surface area contributed by atoms with Crippen LogP contribution in [0.15, 0.2) is 88.7 Å². The number of benzene rings is 2. The van der Waals surface area contributed by atoms with E-state index in [4.69, 9.17) is 9.47 Å². The lowest BCUT2D eigenvalue weighted by Crippen LogP contribution is -2.29. The molecular formula is C22H21N3O4. The summed E-state index contributed by atoms with van der Waals surface area (Å²) in [6, 6.07) is 21.2. The number of carbonyl (C=O) groups excluding carboxylic acids is 2. The lowest BCUT2D eigenvalue weighted by atomic mass is 10.2. The smallest absolute Gasteiger partial charge is 0.412 e. The van der Waals surface area contributed by atoms with Crippen molar-refractivity contribution in [3.8, 4) is 0 Å². The van der Waals surface area contributed by atoms with Gasteiger partial charge in [0.2, 0.25) is 0 Å². The second kappa shape index (κ2) is 12.4. The molecule has 0 heterocycles. The number of hydrogen-bond donors (Lipinski definition) is 1. The topological polar surface area (TPSA) is 89.4 Å². The molecule has 0 saturated heterocycles. The minimum atomic E-state index is -0.802. The van der Waals surface area contributed by atoms with E-state index >= 15 is 0 Å². The molecule has 0 aliphatic heterocycles. The monoisotopic (exact) mass is 391 g/mol. The second-order valence-electron chi connectivity index (χ2n) is 5.53. The van der Waals surface area contributed by atoms with E-state index in [-0.39, 0.29) is 18.9 Å². The van der Waals surface area contributed by atoms with Crippen molar-refractivity contribution in [3.05, 3.63) is 89.9 Å². The third kappa shape index (κ3) is 8.51. The van der Waals surface area contributed by atoms with Gasteiger partial charge in [-0.1, -0.05) is 60.7 Å². The molecule has 0 spiro atoms. The number of alkyl carbamates (subject to hydrolysis) is 1. The van der Waals surface area contributed by atoms with Crippen LogP contribution in [0.25, 0.3) is 6.08 Å². The molecule has 0 radical (unpaired) electrons. The van der Waals surface area contributed by atoms with Gasteiger partial charge >= 0.3 is 12.1 Å². The standard InChI is InChI=1S/C22H21N3O4/c1-2-28-21(26)20(25-22(27)29-16-19-11-7-4-8-12-19)15-24-17-23-14-13-18-9-5-3-6-10-18/h3-15H,2,16H2,1H3,(H,25,27)/b14-13+,20-15-. The third-order valence-electron chi connectivity index (χ3n) is 3.40. The third-order valence-corrected chi connectivity index (χ3v) is 3.40. The van der Waals surface area contributed by atoms with E-state index in [1.807, 2.05) is 60.7 Å². The van der Waals surface area contributed by atoms with E-state index < -0.39 is 12.1 Å². The van der Waals surface area contributed by atoms with E-state index in [2.05, 4.69) is 21.3 Å². The van der Waals surface area contributed by atoms with E-state index in [1.54, 1.807) is 13.0 Å². The predicted molar refractivity (Wildman–Crippen MR) is 110 cm³/mol. The van der Waals surface area contributed by atoms with Gasteiger partial charge in [-0.3, -0.25) is 5.32 Å². The number of carbonyl (C=O) groups is 2. The van der Waals surface area contributed by atoms with Crippen molar-refractivity contribution in [2.24, 2.45) is 9.98 Å². The molecule has 1 amide bonds. The molecule has 29 heavy (non-hydrogen) atoms. The Labute approximate surface area is 169 Å². The maximum Gasteiger partial charge on any atom is 0.412 e. The van der Waals surface area contributed by atoms with Gasteiger partial charge in [-0.15, -0.1) is 0 Å². The minimum Gasteiger partial charge on any atom is -0.461 e. The second-order valence-corrected chi connectivity index (χ2v) is 5.53. The number of ether oxygens (including phenoxy) is 2. The quantitative estimate of drug-likeness (QED) is 0.416. The summed E-state index contributed by atoms with van der Waals surface area (Å²) in [5, 5.41) is 2.32. The first-order chi connectivity index (χ1) is 14.2. The summed E-state index contributed by atoms with van der Waals surface area (Å²) < 4.78 is 9.98. The van der Waals surface area contributed by atoms with Gasteiger partial charge in [-0.25, -0.2) is 9.59 Å². The Bertz CT molecular complexity index is 916. The van der Waals surface area contributed by atoms with Crippen LogP contribution in [0.4, 0.5) is 4.79 Å². The van der Waals surface area contributed by atoms with Gasteiger partial charge in [0.1, 0.15) is 12.3 Å². The molecule has 7 heteroatoms. The summed E-state index contributed by atoms with van der Waals surface area (Å²) in [6.07, 6.45) is 3.58. The van der Waals surface area contributed by atoms with Gasteiger partial charge in [-0.05, 0) is 24.1 Å². The molecule has 0 aromatic heterocycles. The Morgan fingerprint density at radius 2 is 1.69 bits per heavy atom. The first-order valence-corrected chi connectivity index (χ1v) is 8.90. The number of hydrogen-bond acceptors (Lipinski definition) is 6. The summed E-state index contributed by atoms with van der Waals surface area (Å²) >= 11 is 0. The Balaban J connectivity index is 1.96. The summed E-state index contributed by atoms with van der Waals surface area (Å²) in [7, 11) is 0. The van der Waals surface area contributed by atoms with Crippen molar-refractivity contribution < 1.29 is 19.1 Å². The van der Waals surface area contributed by atoms with Crippen LogP contribution in [0, 0.1) is 0 Å². The zero-order valence-corrected chi connectivity index (χ0v) is 15.9. The molecule has 0 fully saturated rings. The fraction of sp³-hybridized carbons (Fsp3) is 0.136. The molecular weight excluding hydrogens is 370 g/mol. The van der Waals surface area contributed by atoms with Crippen LogP contribution >= 0.6 is 0 Å². The van der Waals surface area contributed by atoms with Crippen LogP contribution in [0.2, 0.25) is 0 Å². The van der Waals surface area contributed by atoms with Crippen molar-refractivity contribution in [1.29, 1.82) is 0 Å². The lowest BCUT2D eigenvalue weighted by molar-refractivity contribution is -0.138. The Hall–Kier alpha value is -3.96. The maximum absolute atomic E-state index is 12.0.